The van der Waals surface area contributed by atoms with Crippen molar-refractivity contribution in [2.24, 2.45) is 5.92 Å². The molecule has 3 heteroatoms. The minimum Gasteiger partial charge on any atom is -0.292 e. The first-order chi connectivity index (χ1) is 7.09. The van der Waals surface area contributed by atoms with E-state index >= 15 is 0 Å². The van der Waals surface area contributed by atoms with Crippen molar-refractivity contribution in [3.05, 3.63) is 21.9 Å². The fourth-order valence-corrected chi connectivity index (χ4v) is 3.16. The Morgan fingerprint density at radius 1 is 1.47 bits per heavy atom. The lowest BCUT2D eigenvalue weighted by molar-refractivity contribution is 0.102. The molecule has 0 aliphatic heterocycles. The number of thioether (sulfide) groups is 1. The van der Waals surface area contributed by atoms with Crippen LogP contribution in [-0.2, 0) is 0 Å². The Hall–Kier alpha value is -0.280. The van der Waals surface area contributed by atoms with Gasteiger partial charge in [-0.25, -0.2) is 0 Å². The van der Waals surface area contributed by atoms with Gasteiger partial charge in [0.1, 0.15) is 0 Å². The number of thiophene rings is 1. The summed E-state index contributed by atoms with van der Waals surface area (Å²) in [5.74, 6) is 2.74. The summed E-state index contributed by atoms with van der Waals surface area (Å²) in [6.07, 6.45) is 1.20. The molecule has 0 atom stereocenters. The molecule has 1 aromatic heterocycles. The Morgan fingerprint density at radius 2 is 2.20 bits per heavy atom. The van der Waals surface area contributed by atoms with Gasteiger partial charge >= 0.3 is 0 Å². The Kier molecular flexibility index (Phi) is 5.40. The van der Waals surface area contributed by atoms with Gasteiger partial charge in [0.2, 0.25) is 0 Å². The molecule has 0 aromatic carbocycles. The summed E-state index contributed by atoms with van der Waals surface area (Å²) in [7, 11) is 0. The third-order valence-electron chi connectivity index (χ3n) is 2.09. The maximum atomic E-state index is 11.7. The van der Waals surface area contributed by atoms with Gasteiger partial charge in [-0.05, 0) is 37.1 Å². The molecule has 1 nitrogen and oxygen atoms in total. The summed E-state index contributed by atoms with van der Waals surface area (Å²) in [5.41, 5.74) is 0. The molecule has 1 heterocycles. The first kappa shape index (κ1) is 12.8. The molecule has 0 fully saturated rings. The van der Waals surface area contributed by atoms with E-state index in [1.807, 2.05) is 19.1 Å². The maximum Gasteiger partial charge on any atom is 0.182 e. The lowest BCUT2D eigenvalue weighted by Gasteiger charge is -2.02. The smallest absolute Gasteiger partial charge is 0.182 e. The molecule has 1 aromatic rings. The van der Waals surface area contributed by atoms with Gasteiger partial charge in [-0.15, -0.1) is 11.3 Å². The van der Waals surface area contributed by atoms with Crippen LogP contribution in [-0.4, -0.2) is 17.3 Å². The van der Waals surface area contributed by atoms with Crippen molar-refractivity contribution >= 4 is 28.9 Å². The standard InChI is InChI=1S/C12H18OS2/c1-9(2)6-7-14-8-11(13)12-5-4-10(3)15-12/h4-5,9H,6-8H2,1-3H3. The molecule has 0 bridgehead atoms. The van der Waals surface area contributed by atoms with Crippen LogP contribution in [0.1, 0.15) is 34.8 Å². The number of ketones is 1. The van der Waals surface area contributed by atoms with Crippen molar-refractivity contribution in [3.63, 3.8) is 0 Å². The second kappa shape index (κ2) is 6.33. The van der Waals surface area contributed by atoms with Gasteiger partial charge in [-0.2, -0.15) is 11.8 Å². The van der Waals surface area contributed by atoms with Gasteiger partial charge in [0.05, 0.1) is 10.6 Å². The maximum absolute atomic E-state index is 11.7. The van der Waals surface area contributed by atoms with Crippen molar-refractivity contribution in [1.82, 2.24) is 0 Å². The summed E-state index contributed by atoms with van der Waals surface area (Å²) >= 11 is 3.35. The zero-order valence-corrected chi connectivity index (χ0v) is 11.2. The van der Waals surface area contributed by atoms with E-state index in [-0.39, 0.29) is 5.78 Å². The molecule has 0 radical (unpaired) electrons. The molecule has 0 aliphatic carbocycles. The van der Waals surface area contributed by atoms with E-state index in [2.05, 4.69) is 13.8 Å². The predicted octanol–water partition coefficient (Wildman–Crippen LogP) is 4.02. The number of carbonyl (C=O) groups is 1. The highest BCUT2D eigenvalue weighted by Gasteiger charge is 2.07. The highest BCUT2D eigenvalue weighted by atomic mass is 32.2. The molecule has 0 unspecified atom stereocenters. The average molecular weight is 242 g/mol. The molecule has 0 aliphatic rings. The molecule has 0 spiro atoms. The highest BCUT2D eigenvalue weighted by molar-refractivity contribution is 7.99. The number of hydrogen-bond donors (Lipinski definition) is 0. The number of rotatable bonds is 6. The van der Waals surface area contributed by atoms with Gasteiger partial charge in [-0.1, -0.05) is 13.8 Å². The lowest BCUT2D eigenvalue weighted by Crippen LogP contribution is -2.01. The third kappa shape index (κ3) is 4.85. The molecule has 0 saturated carbocycles. The molecule has 1 rings (SSSR count). The molecular weight excluding hydrogens is 224 g/mol. The fourth-order valence-electron chi connectivity index (χ4n) is 1.14. The van der Waals surface area contributed by atoms with Crippen LogP contribution in [0.5, 0.6) is 0 Å². The van der Waals surface area contributed by atoms with Crippen LogP contribution < -0.4 is 0 Å². The molecule has 0 amide bonds. The summed E-state index contributed by atoms with van der Waals surface area (Å²) in [6.45, 7) is 6.46. The van der Waals surface area contributed by atoms with Crippen LogP contribution in [0, 0.1) is 12.8 Å². The zero-order chi connectivity index (χ0) is 11.3. The van der Waals surface area contributed by atoms with E-state index in [1.54, 1.807) is 23.1 Å². The normalized spacial score (nSPS) is 10.9. The summed E-state index contributed by atoms with van der Waals surface area (Å²) in [5, 5.41) is 0. The number of hydrogen-bond acceptors (Lipinski definition) is 3. The SMILES string of the molecule is Cc1ccc(C(=O)CSCCC(C)C)s1. The van der Waals surface area contributed by atoms with Crippen molar-refractivity contribution in [2.45, 2.75) is 27.2 Å². The van der Waals surface area contributed by atoms with Crippen LogP contribution in [0.15, 0.2) is 12.1 Å². The van der Waals surface area contributed by atoms with Gasteiger partial charge in [0, 0.05) is 4.88 Å². The van der Waals surface area contributed by atoms with Gasteiger partial charge < -0.3 is 0 Å². The van der Waals surface area contributed by atoms with Crippen LogP contribution >= 0.6 is 23.1 Å². The second-order valence-electron chi connectivity index (χ2n) is 4.07. The second-order valence-corrected chi connectivity index (χ2v) is 6.46. The topological polar surface area (TPSA) is 17.1 Å². The Balaban J connectivity index is 2.25. The van der Waals surface area contributed by atoms with Gasteiger partial charge in [-0.3, -0.25) is 4.79 Å². The fraction of sp³-hybridized carbons (Fsp3) is 0.583. The van der Waals surface area contributed by atoms with E-state index in [0.29, 0.717) is 5.75 Å². The van der Waals surface area contributed by atoms with Crippen LogP contribution in [0.2, 0.25) is 0 Å². The van der Waals surface area contributed by atoms with Crippen molar-refractivity contribution in [1.29, 1.82) is 0 Å². The van der Waals surface area contributed by atoms with E-state index in [9.17, 15) is 4.79 Å². The van der Waals surface area contributed by atoms with Crippen LogP contribution in [0.4, 0.5) is 0 Å². The molecule has 84 valence electrons. The average Bonchev–Trinajstić information content (AvgIpc) is 2.59. The van der Waals surface area contributed by atoms with Crippen molar-refractivity contribution < 1.29 is 4.79 Å². The van der Waals surface area contributed by atoms with Crippen molar-refractivity contribution in [3.8, 4) is 0 Å². The van der Waals surface area contributed by atoms with E-state index in [0.717, 1.165) is 16.5 Å². The highest BCUT2D eigenvalue weighted by Crippen LogP contribution is 2.18. The van der Waals surface area contributed by atoms with Crippen LogP contribution in [0.3, 0.4) is 0 Å². The lowest BCUT2D eigenvalue weighted by atomic mass is 10.2. The summed E-state index contributed by atoms with van der Waals surface area (Å²) in [6, 6.07) is 3.95. The quantitative estimate of drug-likeness (QED) is 0.553. The summed E-state index contributed by atoms with van der Waals surface area (Å²) < 4.78 is 0. The number of carbonyl (C=O) groups excluding carboxylic acids is 1. The van der Waals surface area contributed by atoms with Crippen LogP contribution in [0.25, 0.3) is 0 Å². The monoisotopic (exact) mass is 242 g/mol. The third-order valence-corrected chi connectivity index (χ3v) is 4.12. The first-order valence-electron chi connectivity index (χ1n) is 5.27. The number of aryl methyl sites for hydroxylation is 1. The predicted molar refractivity (Wildman–Crippen MR) is 70.2 cm³/mol. The molecule has 15 heavy (non-hydrogen) atoms. The Morgan fingerprint density at radius 3 is 2.73 bits per heavy atom. The van der Waals surface area contributed by atoms with E-state index < -0.39 is 0 Å². The Bertz CT molecular complexity index is 315. The molecule has 0 N–H and O–H groups in total. The van der Waals surface area contributed by atoms with Crippen molar-refractivity contribution in [2.75, 3.05) is 11.5 Å². The molecule has 0 saturated heterocycles. The molecular formula is C12H18OS2. The largest absolute Gasteiger partial charge is 0.292 e. The van der Waals surface area contributed by atoms with Gasteiger partial charge in [0.15, 0.2) is 5.78 Å². The Labute approximate surface area is 100 Å². The summed E-state index contributed by atoms with van der Waals surface area (Å²) in [4.78, 5) is 13.8. The minimum atomic E-state index is 0.279. The van der Waals surface area contributed by atoms with Gasteiger partial charge in [0.25, 0.3) is 0 Å². The van der Waals surface area contributed by atoms with E-state index in [4.69, 9.17) is 0 Å². The number of Topliss-reactive ketones (excluding diaryl/α,β-unsaturated/α-hetero) is 1. The zero-order valence-electron chi connectivity index (χ0n) is 9.58. The minimum absolute atomic E-state index is 0.279. The first-order valence-corrected chi connectivity index (χ1v) is 7.24. The van der Waals surface area contributed by atoms with E-state index in [1.165, 1.54) is 11.3 Å².